The van der Waals surface area contributed by atoms with Crippen LogP contribution in [0.2, 0.25) is 0 Å². The van der Waals surface area contributed by atoms with Crippen LogP contribution in [0.25, 0.3) is 0 Å². The van der Waals surface area contributed by atoms with Crippen molar-refractivity contribution in [3.63, 3.8) is 0 Å². The maximum Gasteiger partial charge on any atom is 0.246 e. The summed E-state index contributed by atoms with van der Waals surface area (Å²) in [7, 11) is 0.726. The highest BCUT2D eigenvalue weighted by atomic mass is 32.2. The molecule has 0 saturated carbocycles. The number of hydrogen-bond acceptors (Lipinski definition) is 5. The molecule has 2 rings (SSSR count). The summed E-state index contributed by atoms with van der Waals surface area (Å²) in [5.74, 6) is 0.734. The van der Waals surface area contributed by atoms with E-state index in [1.54, 1.807) is 29.1 Å². The molecular formula is C15H21N3O4S. The largest absolute Gasteiger partial charge is 0.497 e. The van der Waals surface area contributed by atoms with Crippen LogP contribution in [0.3, 0.4) is 0 Å². The predicted molar refractivity (Wildman–Crippen MR) is 86.1 cm³/mol. The molecule has 0 bridgehead atoms. The highest BCUT2D eigenvalue weighted by Crippen LogP contribution is 2.30. The van der Waals surface area contributed by atoms with Crippen molar-refractivity contribution in [2.75, 3.05) is 21.3 Å². The van der Waals surface area contributed by atoms with E-state index in [1.165, 1.54) is 31.6 Å². The molecule has 0 amide bonds. The van der Waals surface area contributed by atoms with Crippen molar-refractivity contribution in [3.05, 3.63) is 36.2 Å². The lowest BCUT2D eigenvalue weighted by atomic mass is 10.3. The zero-order valence-corrected chi connectivity index (χ0v) is 14.5. The minimum atomic E-state index is -3.73. The first-order valence-corrected chi connectivity index (χ1v) is 8.57. The summed E-state index contributed by atoms with van der Waals surface area (Å²) in [6, 6.07) is 6.50. The van der Waals surface area contributed by atoms with Crippen LogP contribution in [-0.4, -0.2) is 43.8 Å². The Bertz CT molecular complexity index is 771. The van der Waals surface area contributed by atoms with E-state index in [4.69, 9.17) is 9.47 Å². The molecule has 0 aliphatic carbocycles. The van der Waals surface area contributed by atoms with Gasteiger partial charge in [0.25, 0.3) is 0 Å². The molecule has 0 fully saturated rings. The van der Waals surface area contributed by atoms with Gasteiger partial charge >= 0.3 is 0 Å². The quantitative estimate of drug-likeness (QED) is 0.768. The fourth-order valence-electron chi connectivity index (χ4n) is 2.25. The van der Waals surface area contributed by atoms with E-state index in [2.05, 4.69) is 5.10 Å². The number of aromatic nitrogens is 2. The van der Waals surface area contributed by atoms with Gasteiger partial charge in [0.15, 0.2) is 0 Å². The number of sulfonamides is 1. The highest BCUT2D eigenvalue weighted by Gasteiger charge is 2.26. The summed E-state index contributed by atoms with van der Waals surface area (Å²) >= 11 is 0. The summed E-state index contributed by atoms with van der Waals surface area (Å²) in [6.07, 6.45) is 1.66. The fourth-order valence-corrected chi connectivity index (χ4v) is 3.55. The molecule has 1 aromatic carbocycles. The number of hydrogen-bond donors (Lipinski definition) is 0. The van der Waals surface area contributed by atoms with Crippen molar-refractivity contribution in [2.24, 2.45) is 0 Å². The van der Waals surface area contributed by atoms with Gasteiger partial charge in [-0.25, -0.2) is 8.42 Å². The lowest BCUT2D eigenvalue weighted by Gasteiger charge is -2.19. The van der Waals surface area contributed by atoms with Gasteiger partial charge in [0.1, 0.15) is 16.4 Å². The van der Waals surface area contributed by atoms with E-state index < -0.39 is 10.0 Å². The Morgan fingerprint density at radius 3 is 2.57 bits per heavy atom. The first-order valence-electron chi connectivity index (χ1n) is 7.13. The van der Waals surface area contributed by atoms with Gasteiger partial charge in [0.05, 0.1) is 26.5 Å². The summed E-state index contributed by atoms with van der Waals surface area (Å²) < 4.78 is 39.1. The SMILES string of the molecule is CCn1nccc1CN(C)S(=O)(=O)c1cc(OC)ccc1OC. The molecule has 0 spiro atoms. The number of benzene rings is 1. The zero-order valence-electron chi connectivity index (χ0n) is 13.7. The fraction of sp³-hybridized carbons (Fsp3) is 0.400. The molecule has 1 aromatic heterocycles. The van der Waals surface area contributed by atoms with Gasteiger partial charge in [-0.1, -0.05) is 0 Å². The van der Waals surface area contributed by atoms with Crippen molar-refractivity contribution >= 4 is 10.0 Å². The monoisotopic (exact) mass is 339 g/mol. The molecule has 0 radical (unpaired) electrons. The van der Waals surface area contributed by atoms with E-state index in [0.29, 0.717) is 12.3 Å². The van der Waals surface area contributed by atoms with Crippen LogP contribution >= 0.6 is 0 Å². The Morgan fingerprint density at radius 2 is 1.96 bits per heavy atom. The van der Waals surface area contributed by atoms with Crippen LogP contribution < -0.4 is 9.47 Å². The molecule has 126 valence electrons. The van der Waals surface area contributed by atoms with Crippen molar-refractivity contribution < 1.29 is 17.9 Å². The summed E-state index contributed by atoms with van der Waals surface area (Å²) in [4.78, 5) is 0.0735. The average Bonchev–Trinajstić information content (AvgIpc) is 3.01. The zero-order chi connectivity index (χ0) is 17.0. The van der Waals surface area contributed by atoms with Gasteiger partial charge in [0.2, 0.25) is 10.0 Å². The topological polar surface area (TPSA) is 73.7 Å². The van der Waals surface area contributed by atoms with E-state index >= 15 is 0 Å². The number of aryl methyl sites for hydroxylation is 1. The van der Waals surface area contributed by atoms with Crippen molar-refractivity contribution in [2.45, 2.75) is 24.9 Å². The highest BCUT2D eigenvalue weighted by molar-refractivity contribution is 7.89. The normalized spacial score (nSPS) is 11.7. The summed E-state index contributed by atoms with van der Waals surface area (Å²) in [5.41, 5.74) is 0.820. The molecular weight excluding hydrogens is 318 g/mol. The minimum Gasteiger partial charge on any atom is -0.497 e. The Kier molecular flexibility index (Phi) is 5.27. The lowest BCUT2D eigenvalue weighted by Crippen LogP contribution is -2.28. The van der Waals surface area contributed by atoms with Gasteiger partial charge < -0.3 is 9.47 Å². The van der Waals surface area contributed by atoms with E-state index in [0.717, 1.165) is 5.69 Å². The van der Waals surface area contributed by atoms with Crippen LogP contribution in [0.4, 0.5) is 0 Å². The minimum absolute atomic E-state index is 0.0735. The third-order valence-corrected chi connectivity index (χ3v) is 5.37. The molecule has 0 unspecified atom stereocenters. The second-order valence-corrected chi connectivity index (χ2v) is 6.93. The Balaban J connectivity index is 2.37. The van der Waals surface area contributed by atoms with E-state index in [1.807, 2.05) is 6.92 Å². The third kappa shape index (κ3) is 3.48. The van der Waals surface area contributed by atoms with Crippen LogP contribution in [0.15, 0.2) is 35.4 Å². The standard InChI is InChI=1S/C15H21N3O4S/c1-5-18-12(8-9-16-18)11-17(2)23(19,20)15-10-13(21-3)6-7-14(15)22-4/h6-10H,5,11H2,1-4H3. The Morgan fingerprint density at radius 1 is 1.22 bits per heavy atom. The average molecular weight is 339 g/mol. The molecule has 0 N–H and O–H groups in total. The van der Waals surface area contributed by atoms with E-state index in [9.17, 15) is 8.42 Å². The van der Waals surface area contributed by atoms with Gasteiger partial charge in [-0.15, -0.1) is 0 Å². The van der Waals surface area contributed by atoms with Crippen LogP contribution in [0.5, 0.6) is 11.5 Å². The maximum atomic E-state index is 12.9. The molecule has 0 saturated heterocycles. The number of ether oxygens (including phenoxy) is 2. The number of methoxy groups -OCH3 is 2. The van der Waals surface area contributed by atoms with E-state index in [-0.39, 0.29) is 17.2 Å². The molecule has 8 heteroatoms. The molecule has 0 atom stereocenters. The van der Waals surface area contributed by atoms with Crippen molar-refractivity contribution in [1.29, 1.82) is 0 Å². The maximum absolute atomic E-state index is 12.9. The molecule has 0 aliphatic rings. The molecule has 7 nitrogen and oxygen atoms in total. The van der Waals surface area contributed by atoms with Gasteiger partial charge in [-0.3, -0.25) is 4.68 Å². The first kappa shape index (κ1) is 17.3. The Hall–Kier alpha value is -2.06. The molecule has 0 aliphatic heterocycles. The predicted octanol–water partition coefficient (Wildman–Crippen LogP) is 1.74. The molecule has 1 heterocycles. The van der Waals surface area contributed by atoms with Gasteiger partial charge in [-0.2, -0.15) is 9.40 Å². The first-order chi connectivity index (χ1) is 10.9. The number of rotatable bonds is 7. The van der Waals surface area contributed by atoms with Gasteiger partial charge in [-0.05, 0) is 25.1 Å². The van der Waals surface area contributed by atoms with Crippen LogP contribution in [0.1, 0.15) is 12.6 Å². The molecule has 23 heavy (non-hydrogen) atoms. The third-order valence-electron chi connectivity index (χ3n) is 3.55. The lowest BCUT2D eigenvalue weighted by molar-refractivity contribution is 0.387. The Labute approximate surface area is 136 Å². The van der Waals surface area contributed by atoms with Crippen LogP contribution in [0, 0.1) is 0 Å². The number of nitrogens with zero attached hydrogens (tertiary/aromatic N) is 3. The van der Waals surface area contributed by atoms with Crippen molar-refractivity contribution in [1.82, 2.24) is 14.1 Å². The van der Waals surface area contributed by atoms with Gasteiger partial charge in [0, 0.05) is 25.9 Å². The van der Waals surface area contributed by atoms with Crippen LogP contribution in [-0.2, 0) is 23.1 Å². The summed E-state index contributed by atoms with van der Waals surface area (Å²) in [5, 5.41) is 4.15. The molecule has 2 aromatic rings. The summed E-state index contributed by atoms with van der Waals surface area (Å²) in [6.45, 7) is 2.85. The second kappa shape index (κ2) is 7.01. The van der Waals surface area contributed by atoms with Crippen molar-refractivity contribution in [3.8, 4) is 11.5 Å². The second-order valence-electron chi connectivity index (χ2n) is 4.92. The smallest absolute Gasteiger partial charge is 0.246 e.